The van der Waals surface area contributed by atoms with Gasteiger partial charge >= 0.3 is 0 Å². The van der Waals surface area contributed by atoms with Gasteiger partial charge in [0.25, 0.3) is 0 Å². The third-order valence-corrected chi connectivity index (χ3v) is 4.01. The molecule has 2 fully saturated rings. The van der Waals surface area contributed by atoms with Crippen molar-refractivity contribution in [3.8, 4) is 0 Å². The van der Waals surface area contributed by atoms with Crippen molar-refractivity contribution in [2.45, 2.75) is 51.6 Å². The van der Waals surface area contributed by atoms with Crippen LogP contribution < -0.4 is 5.32 Å². The predicted molar refractivity (Wildman–Crippen MR) is 67.7 cm³/mol. The van der Waals surface area contributed by atoms with E-state index < -0.39 is 0 Å². The van der Waals surface area contributed by atoms with Crippen LogP contribution in [0.4, 0.5) is 0 Å². The molecule has 2 unspecified atom stereocenters. The van der Waals surface area contributed by atoms with E-state index in [0.29, 0.717) is 6.04 Å². The number of halogens is 1. The van der Waals surface area contributed by atoms with E-state index >= 15 is 0 Å². The number of nitrogens with one attached hydrogen (secondary N) is 1. The highest BCUT2D eigenvalue weighted by Gasteiger charge is 2.30. The Morgan fingerprint density at radius 2 is 2.13 bits per heavy atom. The lowest BCUT2D eigenvalue weighted by molar-refractivity contribution is 0.147. The molecule has 1 aliphatic carbocycles. The van der Waals surface area contributed by atoms with E-state index in [2.05, 4.69) is 24.1 Å². The minimum atomic E-state index is 0. The van der Waals surface area contributed by atoms with Crippen LogP contribution in [-0.2, 0) is 0 Å². The van der Waals surface area contributed by atoms with Crippen LogP contribution in [0.2, 0.25) is 0 Å². The SMILES string of the molecule is CCC1CCC(N2CCN[C@H](C)C2)C1.Cl. The first-order valence-corrected chi connectivity index (χ1v) is 6.27. The fourth-order valence-corrected chi connectivity index (χ4v) is 3.04. The molecule has 0 bridgehead atoms. The molecule has 0 aromatic rings. The molecule has 1 saturated carbocycles. The first-order valence-electron chi connectivity index (χ1n) is 6.27. The molecule has 3 atom stereocenters. The molecule has 0 spiro atoms. The maximum Gasteiger partial charge on any atom is 0.0167 e. The Morgan fingerprint density at radius 3 is 2.73 bits per heavy atom. The van der Waals surface area contributed by atoms with Gasteiger partial charge in [-0.3, -0.25) is 4.90 Å². The first kappa shape index (κ1) is 13.3. The molecule has 3 heteroatoms. The zero-order valence-corrected chi connectivity index (χ0v) is 10.9. The van der Waals surface area contributed by atoms with Gasteiger partial charge < -0.3 is 5.32 Å². The summed E-state index contributed by atoms with van der Waals surface area (Å²) in [6.07, 6.45) is 5.77. The zero-order chi connectivity index (χ0) is 9.97. The Labute approximate surface area is 100 Å². The van der Waals surface area contributed by atoms with Gasteiger partial charge in [-0.15, -0.1) is 12.4 Å². The van der Waals surface area contributed by atoms with Crippen LogP contribution in [0.15, 0.2) is 0 Å². The van der Waals surface area contributed by atoms with Crippen molar-refractivity contribution in [2.75, 3.05) is 19.6 Å². The molecule has 1 saturated heterocycles. The molecular formula is C12H25ClN2. The normalized spacial score (nSPS) is 37.6. The second-order valence-electron chi connectivity index (χ2n) is 5.09. The van der Waals surface area contributed by atoms with Gasteiger partial charge in [-0.25, -0.2) is 0 Å². The van der Waals surface area contributed by atoms with Gasteiger partial charge in [0, 0.05) is 31.7 Å². The molecule has 1 aliphatic heterocycles. The van der Waals surface area contributed by atoms with E-state index in [4.69, 9.17) is 0 Å². The molecule has 90 valence electrons. The maximum atomic E-state index is 3.52. The van der Waals surface area contributed by atoms with E-state index in [1.54, 1.807) is 0 Å². The number of piperazine rings is 1. The monoisotopic (exact) mass is 232 g/mol. The fourth-order valence-electron chi connectivity index (χ4n) is 3.04. The molecule has 0 radical (unpaired) electrons. The molecule has 2 rings (SSSR count). The summed E-state index contributed by atoms with van der Waals surface area (Å²) >= 11 is 0. The molecule has 0 aromatic carbocycles. The largest absolute Gasteiger partial charge is 0.312 e. The smallest absolute Gasteiger partial charge is 0.0167 e. The molecule has 0 aromatic heterocycles. The Morgan fingerprint density at radius 1 is 1.33 bits per heavy atom. The zero-order valence-electron chi connectivity index (χ0n) is 10.0. The standard InChI is InChI=1S/C12H24N2.ClH/c1-3-11-4-5-12(8-11)14-7-6-13-10(2)9-14;/h10-13H,3-9H2,1-2H3;1H/t10-,11?,12?;/m1./s1. The van der Waals surface area contributed by atoms with Crippen molar-refractivity contribution >= 4 is 12.4 Å². The number of hydrogen-bond acceptors (Lipinski definition) is 2. The van der Waals surface area contributed by atoms with Gasteiger partial charge in [0.1, 0.15) is 0 Å². The van der Waals surface area contributed by atoms with Crippen LogP contribution >= 0.6 is 12.4 Å². The Hall–Kier alpha value is 0.210. The van der Waals surface area contributed by atoms with Gasteiger partial charge in [0.2, 0.25) is 0 Å². The Balaban J connectivity index is 0.00000112. The van der Waals surface area contributed by atoms with Gasteiger partial charge in [-0.2, -0.15) is 0 Å². The van der Waals surface area contributed by atoms with Gasteiger partial charge in [-0.05, 0) is 32.1 Å². The van der Waals surface area contributed by atoms with Gasteiger partial charge in [-0.1, -0.05) is 13.3 Å². The van der Waals surface area contributed by atoms with Crippen LogP contribution in [0.3, 0.4) is 0 Å². The lowest BCUT2D eigenvalue weighted by atomic mass is 10.0. The average molecular weight is 233 g/mol. The van der Waals surface area contributed by atoms with Crippen LogP contribution in [0.5, 0.6) is 0 Å². The second-order valence-corrected chi connectivity index (χ2v) is 5.09. The van der Waals surface area contributed by atoms with Gasteiger partial charge in [0.15, 0.2) is 0 Å². The summed E-state index contributed by atoms with van der Waals surface area (Å²) in [6, 6.07) is 1.61. The summed E-state index contributed by atoms with van der Waals surface area (Å²) < 4.78 is 0. The lowest BCUT2D eigenvalue weighted by Gasteiger charge is -2.36. The quantitative estimate of drug-likeness (QED) is 0.786. The third kappa shape index (κ3) is 3.33. The average Bonchev–Trinajstić information content (AvgIpc) is 2.66. The van der Waals surface area contributed by atoms with Crippen LogP contribution in [0, 0.1) is 5.92 Å². The highest BCUT2D eigenvalue weighted by atomic mass is 35.5. The summed E-state index contributed by atoms with van der Waals surface area (Å²) in [5, 5.41) is 3.52. The summed E-state index contributed by atoms with van der Waals surface area (Å²) in [5.41, 5.74) is 0. The molecule has 1 N–H and O–H groups in total. The molecule has 15 heavy (non-hydrogen) atoms. The van der Waals surface area contributed by atoms with Crippen molar-refractivity contribution in [3.63, 3.8) is 0 Å². The Bertz CT molecular complexity index is 186. The highest BCUT2D eigenvalue weighted by Crippen LogP contribution is 2.31. The number of hydrogen-bond donors (Lipinski definition) is 1. The summed E-state index contributed by atoms with van der Waals surface area (Å²) in [5.74, 6) is 1.02. The molecule has 0 amide bonds. The minimum absolute atomic E-state index is 0. The topological polar surface area (TPSA) is 15.3 Å². The number of nitrogens with zero attached hydrogens (tertiary/aromatic N) is 1. The predicted octanol–water partition coefficient (Wildman–Crippen LogP) is 2.28. The molecule has 2 aliphatic rings. The van der Waals surface area contributed by atoms with Crippen molar-refractivity contribution in [3.05, 3.63) is 0 Å². The lowest BCUT2D eigenvalue weighted by Crippen LogP contribution is -2.52. The summed E-state index contributed by atoms with van der Waals surface area (Å²) in [7, 11) is 0. The van der Waals surface area contributed by atoms with Crippen molar-refractivity contribution in [1.82, 2.24) is 10.2 Å². The van der Waals surface area contributed by atoms with E-state index in [9.17, 15) is 0 Å². The fraction of sp³-hybridized carbons (Fsp3) is 1.00. The van der Waals surface area contributed by atoms with Crippen LogP contribution in [-0.4, -0.2) is 36.6 Å². The van der Waals surface area contributed by atoms with Gasteiger partial charge in [0.05, 0.1) is 0 Å². The van der Waals surface area contributed by atoms with E-state index in [1.807, 2.05) is 0 Å². The van der Waals surface area contributed by atoms with Crippen molar-refractivity contribution < 1.29 is 0 Å². The first-order chi connectivity index (χ1) is 6.79. The highest BCUT2D eigenvalue weighted by molar-refractivity contribution is 5.85. The third-order valence-electron chi connectivity index (χ3n) is 4.01. The van der Waals surface area contributed by atoms with E-state index in [-0.39, 0.29) is 12.4 Å². The second kappa shape index (κ2) is 6.07. The minimum Gasteiger partial charge on any atom is -0.312 e. The van der Waals surface area contributed by atoms with E-state index in [0.717, 1.165) is 12.0 Å². The Kier molecular flexibility index (Phi) is 5.37. The summed E-state index contributed by atoms with van der Waals surface area (Å²) in [4.78, 5) is 2.72. The van der Waals surface area contributed by atoms with Crippen LogP contribution in [0.25, 0.3) is 0 Å². The maximum absolute atomic E-state index is 3.52. The van der Waals surface area contributed by atoms with Crippen molar-refractivity contribution in [2.24, 2.45) is 5.92 Å². The number of rotatable bonds is 2. The van der Waals surface area contributed by atoms with Crippen LogP contribution in [0.1, 0.15) is 39.5 Å². The summed E-state index contributed by atoms with van der Waals surface area (Å²) in [6.45, 7) is 8.37. The molecular weight excluding hydrogens is 208 g/mol. The molecule has 2 nitrogen and oxygen atoms in total. The van der Waals surface area contributed by atoms with Crippen molar-refractivity contribution in [1.29, 1.82) is 0 Å². The van der Waals surface area contributed by atoms with E-state index in [1.165, 1.54) is 45.3 Å². The molecule has 1 heterocycles.